The molecule has 3 rings (SSSR count). The van der Waals surface area contributed by atoms with Crippen LogP contribution in [0.4, 0.5) is 4.39 Å². The summed E-state index contributed by atoms with van der Waals surface area (Å²) in [5.41, 5.74) is 0.0473. The molecule has 1 aliphatic heterocycles. The first-order valence-electron chi connectivity index (χ1n) is 11.7. The molecule has 1 saturated heterocycles. The molecule has 11 heteroatoms. The summed E-state index contributed by atoms with van der Waals surface area (Å²) < 4.78 is 27.3. The number of piperidine rings is 1. The Hall–Kier alpha value is -2.79. The number of carboxylic acid groups (broad SMARTS) is 1. The molecule has 0 bridgehead atoms. The van der Waals surface area contributed by atoms with Gasteiger partial charge in [-0.2, -0.15) is 5.10 Å². The number of halogens is 1. The molecule has 3 heterocycles. The van der Waals surface area contributed by atoms with Crippen LogP contribution in [0, 0.1) is 11.7 Å². The maximum absolute atomic E-state index is 14.8. The summed E-state index contributed by atoms with van der Waals surface area (Å²) in [6.07, 6.45) is 1.78. The van der Waals surface area contributed by atoms with Crippen molar-refractivity contribution in [3.05, 3.63) is 29.8 Å². The molecule has 2 aromatic rings. The molecule has 1 unspecified atom stereocenters. The Morgan fingerprint density at radius 1 is 1.29 bits per heavy atom. The van der Waals surface area contributed by atoms with E-state index in [4.69, 9.17) is 9.47 Å². The molecule has 1 aliphatic rings. The van der Waals surface area contributed by atoms with Gasteiger partial charge in [0.25, 0.3) is 5.91 Å². The zero-order valence-electron chi connectivity index (χ0n) is 21.3. The number of methoxy groups -OCH3 is 1. The molecule has 2 aromatic heterocycles. The quantitative estimate of drug-likeness (QED) is 0.403. The van der Waals surface area contributed by atoms with E-state index in [2.05, 4.69) is 29.7 Å². The summed E-state index contributed by atoms with van der Waals surface area (Å²) in [5, 5.41) is 13.9. The number of likely N-dealkylation sites (tertiary alicyclic amines) is 1. The molecule has 0 saturated carbocycles. The van der Waals surface area contributed by atoms with E-state index in [-0.39, 0.29) is 29.8 Å². The number of rotatable bonds is 9. The molecule has 9 nitrogen and oxygen atoms in total. The van der Waals surface area contributed by atoms with Crippen molar-refractivity contribution in [3.63, 3.8) is 0 Å². The maximum Gasteiger partial charge on any atom is 0.306 e. The Kier molecular flexibility index (Phi) is 8.00. The predicted octanol–water partition coefficient (Wildman–Crippen LogP) is 4.12. The topological polar surface area (TPSA) is 107 Å². The van der Waals surface area contributed by atoms with Crippen molar-refractivity contribution in [1.82, 2.24) is 19.7 Å². The van der Waals surface area contributed by atoms with Gasteiger partial charge in [0.2, 0.25) is 5.88 Å². The normalized spacial score (nSPS) is 17.9. The molecule has 0 aliphatic carbocycles. The lowest BCUT2D eigenvalue weighted by Gasteiger charge is -2.44. The van der Waals surface area contributed by atoms with E-state index < -0.39 is 31.3 Å². The number of nitrogens with zero attached hydrogens (tertiary/aromatic N) is 4. The molecule has 192 valence electrons. The largest absolute Gasteiger partial charge is 0.481 e. The third-order valence-corrected chi connectivity index (χ3v) is 8.00. The van der Waals surface area contributed by atoms with Gasteiger partial charge in [-0.15, -0.1) is 0 Å². The van der Waals surface area contributed by atoms with Crippen molar-refractivity contribution in [2.45, 2.75) is 64.6 Å². The Morgan fingerprint density at radius 2 is 2.00 bits per heavy atom. The lowest BCUT2D eigenvalue weighted by atomic mass is 9.82. The van der Waals surface area contributed by atoms with E-state index >= 15 is 0 Å². The third kappa shape index (κ3) is 6.46. The highest BCUT2D eigenvalue weighted by molar-refractivity contribution is 6.76. The van der Waals surface area contributed by atoms with Crippen LogP contribution in [-0.2, 0) is 16.3 Å². The van der Waals surface area contributed by atoms with Crippen LogP contribution in [0.1, 0.15) is 37.2 Å². The van der Waals surface area contributed by atoms with Crippen LogP contribution in [0.15, 0.2) is 18.3 Å². The first kappa shape index (κ1) is 26.8. The van der Waals surface area contributed by atoms with Crippen molar-refractivity contribution in [2.24, 2.45) is 5.92 Å². The van der Waals surface area contributed by atoms with Crippen LogP contribution in [0.2, 0.25) is 25.7 Å². The molecule has 35 heavy (non-hydrogen) atoms. The van der Waals surface area contributed by atoms with Crippen molar-refractivity contribution >= 4 is 20.0 Å². The number of aromatic nitrogens is 3. The molecule has 0 aromatic carbocycles. The molecule has 1 fully saturated rings. The molecular formula is C24H35FN4O5Si. The Balaban J connectivity index is 1.92. The van der Waals surface area contributed by atoms with Crippen LogP contribution >= 0.6 is 0 Å². The Labute approximate surface area is 206 Å². The zero-order chi connectivity index (χ0) is 26.0. The average molecular weight is 507 g/mol. The predicted molar refractivity (Wildman–Crippen MR) is 132 cm³/mol. The summed E-state index contributed by atoms with van der Waals surface area (Å²) >= 11 is 0. The van der Waals surface area contributed by atoms with E-state index in [1.165, 1.54) is 17.9 Å². The highest BCUT2D eigenvalue weighted by Crippen LogP contribution is 2.34. The van der Waals surface area contributed by atoms with Gasteiger partial charge in [-0.25, -0.2) is 14.1 Å². The minimum atomic E-state index is -1.30. The van der Waals surface area contributed by atoms with Gasteiger partial charge in [0.15, 0.2) is 11.5 Å². The van der Waals surface area contributed by atoms with E-state index in [0.717, 1.165) is 12.2 Å². The van der Waals surface area contributed by atoms with Gasteiger partial charge in [-0.05, 0) is 38.8 Å². The van der Waals surface area contributed by atoms with E-state index in [1.54, 1.807) is 11.0 Å². The number of carboxylic acids is 1. The summed E-state index contributed by atoms with van der Waals surface area (Å²) in [7, 11) is 0.142. The molecule has 1 amide bonds. The van der Waals surface area contributed by atoms with Crippen LogP contribution < -0.4 is 4.74 Å². The molecule has 1 atom stereocenters. The number of aliphatic carboxylic acids is 1. The number of carbonyl (C=O) groups excluding carboxylic acids is 1. The van der Waals surface area contributed by atoms with Crippen molar-refractivity contribution in [3.8, 4) is 17.1 Å². The Morgan fingerprint density at radius 3 is 2.60 bits per heavy atom. The number of hydrogen-bond acceptors (Lipinski definition) is 6. The molecule has 0 radical (unpaired) electrons. The number of carbonyl (C=O) groups is 2. The summed E-state index contributed by atoms with van der Waals surface area (Å²) in [6.45, 7) is 11.4. The second kappa shape index (κ2) is 10.4. The Bertz CT molecular complexity index is 1080. The zero-order valence-corrected chi connectivity index (χ0v) is 22.3. The highest BCUT2D eigenvalue weighted by Gasteiger charge is 2.41. The van der Waals surface area contributed by atoms with Gasteiger partial charge in [0.05, 0.1) is 24.9 Å². The molecule has 1 N–H and O–H groups in total. The second-order valence-corrected chi connectivity index (χ2v) is 16.4. The summed E-state index contributed by atoms with van der Waals surface area (Å²) in [5.74, 6) is -2.02. The van der Waals surface area contributed by atoms with Gasteiger partial charge in [-0.3, -0.25) is 9.59 Å². The van der Waals surface area contributed by atoms with Crippen molar-refractivity contribution < 1.29 is 28.6 Å². The van der Waals surface area contributed by atoms with Gasteiger partial charge < -0.3 is 19.5 Å². The lowest BCUT2D eigenvalue weighted by molar-refractivity contribution is -0.144. The summed E-state index contributed by atoms with van der Waals surface area (Å²) in [6, 6.07) is 3.96. The summed E-state index contributed by atoms with van der Waals surface area (Å²) in [4.78, 5) is 30.5. The highest BCUT2D eigenvalue weighted by atomic mass is 28.3. The molecule has 0 spiro atoms. The lowest BCUT2D eigenvalue weighted by Crippen LogP contribution is -2.54. The van der Waals surface area contributed by atoms with Crippen LogP contribution in [-0.4, -0.2) is 70.5 Å². The van der Waals surface area contributed by atoms with Crippen LogP contribution in [0.3, 0.4) is 0 Å². The van der Waals surface area contributed by atoms with E-state index in [1.807, 2.05) is 13.8 Å². The average Bonchev–Trinajstić information content (AvgIpc) is 3.19. The fourth-order valence-electron chi connectivity index (χ4n) is 4.22. The minimum absolute atomic E-state index is 0.0572. The number of pyridine rings is 1. The van der Waals surface area contributed by atoms with E-state index in [0.29, 0.717) is 31.7 Å². The minimum Gasteiger partial charge on any atom is -0.481 e. The maximum atomic E-state index is 14.8. The van der Waals surface area contributed by atoms with E-state index in [9.17, 15) is 19.1 Å². The fourth-order valence-corrected chi connectivity index (χ4v) is 4.98. The van der Waals surface area contributed by atoms with Crippen LogP contribution in [0.5, 0.6) is 5.88 Å². The van der Waals surface area contributed by atoms with Gasteiger partial charge >= 0.3 is 5.97 Å². The second-order valence-electron chi connectivity index (χ2n) is 10.8. The number of amides is 1. The van der Waals surface area contributed by atoms with Crippen LogP contribution in [0.25, 0.3) is 11.3 Å². The van der Waals surface area contributed by atoms with Gasteiger partial charge in [0, 0.05) is 38.4 Å². The fraction of sp³-hybridized carbons (Fsp3) is 0.583. The smallest absolute Gasteiger partial charge is 0.306 e. The first-order valence-corrected chi connectivity index (χ1v) is 15.4. The van der Waals surface area contributed by atoms with Crippen molar-refractivity contribution in [2.75, 3.05) is 20.3 Å². The monoisotopic (exact) mass is 506 g/mol. The number of hydrogen-bond donors (Lipinski definition) is 1. The number of ether oxygens (including phenoxy) is 2. The SMILES string of the molecule is COc1cc(-c2cc(C(=O)N3CCC(C(=O)O)CC3(C)C)nn2COCC[Si](C)(C)C)c(F)cn1. The standard InChI is InChI=1S/C24H35FN4O5Si/c1-24(2)13-16(23(31)32)7-8-28(24)22(30)19-12-20(17-11-21(33-3)26-14-18(17)25)29(27-19)15-34-9-10-35(4,5)6/h11-12,14,16H,7-10,13,15H2,1-6H3,(H,31,32). The van der Waals surface area contributed by atoms with Crippen molar-refractivity contribution in [1.29, 1.82) is 0 Å². The van der Waals surface area contributed by atoms with Gasteiger partial charge in [-0.1, -0.05) is 19.6 Å². The van der Waals surface area contributed by atoms with Gasteiger partial charge in [0.1, 0.15) is 6.73 Å². The molecular weight excluding hydrogens is 471 g/mol. The first-order chi connectivity index (χ1) is 16.3. The third-order valence-electron chi connectivity index (χ3n) is 6.30.